The molecule has 0 atom stereocenters. The molecule has 0 spiro atoms. The second-order valence-corrected chi connectivity index (χ2v) is 5.57. The van der Waals surface area contributed by atoms with Crippen LogP contribution in [0.25, 0.3) is 0 Å². The van der Waals surface area contributed by atoms with Crippen LogP contribution in [0.5, 0.6) is 0 Å². The van der Waals surface area contributed by atoms with Gasteiger partial charge in [0.15, 0.2) is 0 Å². The molecule has 1 aromatic rings. The van der Waals surface area contributed by atoms with E-state index in [0.29, 0.717) is 6.54 Å². The van der Waals surface area contributed by atoms with Crippen molar-refractivity contribution in [3.8, 4) is 0 Å². The van der Waals surface area contributed by atoms with Crippen molar-refractivity contribution in [1.29, 1.82) is 0 Å². The molecular formula is C16H26N2O. The molecule has 1 amide bonds. The Morgan fingerprint density at radius 1 is 1.21 bits per heavy atom. The van der Waals surface area contributed by atoms with E-state index < -0.39 is 0 Å². The van der Waals surface area contributed by atoms with Crippen molar-refractivity contribution in [1.82, 2.24) is 10.2 Å². The van der Waals surface area contributed by atoms with Crippen LogP contribution >= 0.6 is 0 Å². The number of likely N-dealkylation sites (N-methyl/N-ethyl adjacent to an activating group) is 1. The molecule has 1 rings (SSSR count). The Morgan fingerprint density at radius 3 is 2.37 bits per heavy atom. The smallest absolute Gasteiger partial charge is 0.234 e. The summed E-state index contributed by atoms with van der Waals surface area (Å²) in [6, 6.07) is 10.3. The van der Waals surface area contributed by atoms with Gasteiger partial charge in [0.1, 0.15) is 0 Å². The quantitative estimate of drug-likeness (QED) is 0.819. The predicted octanol–water partition coefficient (Wildman–Crippen LogP) is 2.81. The molecule has 0 radical (unpaired) electrons. The standard InChI is InChI=1S/C16H26N2O/c1-5-16(3,4)17-15(19)13-18(6-2)12-14-10-8-7-9-11-14/h7-11H,5-6,12-13H2,1-4H3,(H,17,19). The Kier molecular flexibility index (Phi) is 6.03. The molecule has 0 saturated heterocycles. The Balaban J connectivity index is 2.51. The second-order valence-electron chi connectivity index (χ2n) is 5.57. The number of hydrogen-bond donors (Lipinski definition) is 1. The van der Waals surface area contributed by atoms with Crippen LogP contribution in [0, 0.1) is 0 Å². The molecular weight excluding hydrogens is 236 g/mol. The minimum atomic E-state index is -0.122. The zero-order valence-electron chi connectivity index (χ0n) is 12.6. The maximum atomic E-state index is 12.0. The monoisotopic (exact) mass is 262 g/mol. The molecule has 0 fully saturated rings. The lowest BCUT2D eigenvalue weighted by molar-refractivity contribution is -0.124. The Morgan fingerprint density at radius 2 is 1.84 bits per heavy atom. The number of amides is 1. The first-order chi connectivity index (χ1) is 8.96. The molecule has 0 heterocycles. The Bertz CT molecular complexity index is 387. The fraction of sp³-hybridized carbons (Fsp3) is 0.562. The molecule has 0 aromatic heterocycles. The van der Waals surface area contributed by atoms with E-state index in [1.165, 1.54) is 5.56 Å². The average Bonchev–Trinajstić information content (AvgIpc) is 2.38. The third kappa shape index (κ3) is 5.88. The number of carbonyl (C=O) groups excluding carboxylic acids is 1. The minimum absolute atomic E-state index is 0.102. The van der Waals surface area contributed by atoms with Crippen LogP contribution in [-0.4, -0.2) is 29.4 Å². The largest absolute Gasteiger partial charge is 0.350 e. The van der Waals surface area contributed by atoms with Crippen molar-refractivity contribution in [3.63, 3.8) is 0 Å². The maximum absolute atomic E-state index is 12.0. The summed E-state index contributed by atoms with van der Waals surface area (Å²) < 4.78 is 0. The first-order valence-corrected chi connectivity index (χ1v) is 7.04. The van der Waals surface area contributed by atoms with Gasteiger partial charge < -0.3 is 5.32 Å². The molecule has 0 unspecified atom stereocenters. The minimum Gasteiger partial charge on any atom is -0.350 e. The third-order valence-electron chi connectivity index (χ3n) is 3.43. The fourth-order valence-electron chi connectivity index (χ4n) is 1.83. The molecule has 19 heavy (non-hydrogen) atoms. The van der Waals surface area contributed by atoms with E-state index in [2.05, 4.69) is 50.0 Å². The van der Waals surface area contributed by atoms with Gasteiger partial charge in [0.2, 0.25) is 5.91 Å². The highest BCUT2D eigenvalue weighted by atomic mass is 16.2. The van der Waals surface area contributed by atoms with Gasteiger partial charge >= 0.3 is 0 Å². The topological polar surface area (TPSA) is 32.3 Å². The van der Waals surface area contributed by atoms with Crippen molar-refractivity contribution in [2.45, 2.75) is 46.2 Å². The van der Waals surface area contributed by atoms with Gasteiger partial charge in [0.05, 0.1) is 6.54 Å². The van der Waals surface area contributed by atoms with Gasteiger partial charge in [-0.1, -0.05) is 44.2 Å². The normalized spacial score (nSPS) is 11.6. The molecule has 0 bridgehead atoms. The van der Waals surface area contributed by atoms with E-state index in [0.717, 1.165) is 19.5 Å². The lowest BCUT2D eigenvalue weighted by Crippen LogP contribution is -2.47. The van der Waals surface area contributed by atoms with Crippen molar-refractivity contribution in [2.75, 3.05) is 13.1 Å². The molecule has 0 saturated carbocycles. The Labute approximate surface area is 117 Å². The molecule has 3 nitrogen and oxygen atoms in total. The highest BCUT2D eigenvalue weighted by Crippen LogP contribution is 2.08. The van der Waals surface area contributed by atoms with Gasteiger partial charge in [-0.2, -0.15) is 0 Å². The second kappa shape index (κ2) is 7.29. The van der Waals surface area contributed by atoms with E-state index in [-0.39, 0.29) is 11.4 Å². The number of nitrogens with zero attached hydrogens (tertiary/aromatic N) is 1. The van der Waals surface area contributed by atoms with Crippen molar-refractivity contribution in [3.05, 3.63) is 35.9 Å². The van der Waals surface area contributed by atoms with Gasteiger partial charge in [-0.15, -0.1) is 0 Å². The molecule has 0 aliphatic rings. The van der Waals surface area contributed by atoms with Crippen LogP contribution in [0.2, 0.25) is 0 Å². The van der Waals surface area contributed by atoms with Crippen LogP contribution in [0.15, 0.2) is 30.3 Å². The molecule has 106 valence electrons. The zero-order valence-corrected chi connectivity index (χ0v) is 12.6. The summed E-state index contributed by atoms with van der Waals surface area (Å²) in [5, 5.41) is 3.08. The zero-order chi connectivity index (χ0) is 14.3. The van der Waals surface area contributed by atoms with Gasteiger partial charge in [-0.3, -0.25) is 9.69 Å². The number of benzene rings is 1. The van der Waals surface area contributed by atoms with Gasteiger partial charge in [0.25, 0.3) is 0 Å². The number of hydrogen-bond acceptors (Lipinski definition) is 2. The van der Waals surface area contributed by atoms with Crippen molar-refractivity contribution >= 4 is 5.91 Å². The van der Waals surface area contributed by atoms with E-state index in [4.69, 9.17) is 0 Å². The summed E-state index contributed by atoms with van der Waals surface area (Å²) in [6.07, 6.45) is 0.934. The summed E-state index contributed by atoms with van der Waals surface area (Å²) in [7, 11) is 0. The van der Waals surface area contributed by atoms with Gasteiger partial charge in [-0.05, 0) is 32.4 Å². The van der Waals surface area contributed by atoms with E-state index in [9.17, 15) is 4.79 Å². The van der Waals surface area contributed by atoms with Crippen molar-refractivity contribution in [2.24, 2.45) is 0 Å². The fourth-order valence-corrected chi connectivity index (χ4v) is 1.83. The van der Waals surface area contributed by atoms with E-state index in [1.807, 2.05) is 18.2 Å². The first-order valence-electron chi connectivity index (χ1n) is 7.04. The summed E-state index contributed by atoms with van der Waals surface area (Å²) >= 11 is 0. The number of rotatable bonds is 7. The summed E-state index contributed by atoms with van der Waals surface area (Å²) in [5.41, 5.74) is 1.12. The third-order valence-corrected chi connectivity index (χ3v) is 3.43. The van der Waals surface area contributed by atoms with Crippen LogP contribution in [0.3, 0.4) is 0 Å². The van der Waals surface area contributed by atoms with E-state index in [1.54, 1.807) is 0 Å². The maximum Gasteiger partial charge on any atom is 0.234 e. The lowest BCUT2D eigenvalue weighted by Gasteiger charge is -2.27. The SMILES string of the molecule is CCN(CC(=O)NC(C)(C)CC)Cc1ccccc1. The molecule has 3 heteroatoms. The van der Waals surface area contributed by atoms with Gasteiger partial charge in [-0.25, -0.2) is 0 Å². The average molecular weight is 262 g/mol. The van der Waals surface area contributed by atoms with Crippen LogP contribution < -0.4 is 5.32 Å². The predicted molar refractivity (Wildman–Crippen MR) is 79.9 cm³/mol. The highest BCUT2D eigenvalue weighted by molar-refractivity contribution is 5.78. The van der Waals surface area contributed by atoms with Crippen molar-refractivity contribution < 1.29 is 4.79 Å². The summed E-state index contributed by atoms with van der Waals surface area (Å²) in [5.74, 6) is 0.102. The number of carbonyl (C=O) groups is 1. The molecule has 0 aliphatic carbocycles. The summed E-state index contributed by atoms with van der Waals surface area (Å²) in [6.45, 7) is 10.4. The summed E-state index contributed by atoms with van der Waals surface area (Å²) in [4.78, 5) is 14.2. The van der Waals surface area contributed by atoms with Crippen LogP contribution in [0.1, 0.15) is 39.7 Å². The highest BCUT2D eigenvalue weighted by Gasteiger charge is 2.19. The van der Waals surface area contributed by atoms with Crippen LogP contribution in [-0.2, 0) is 11.3 Å². The van der Waals surface area contributed by atoms with E-state index >= 15 is 0 Å². The molecule has 0 aliphatic heterocycles. The lowest BCUT2D eigenvalue weighted by atomic mass is 10.0. The van der Waals surface area contributed by atoms with Crippen LogP contribution in [0.4, 0.5) is 0 Å². The first kappa shape index (κ1) is 15.7. The molecule has 1 aromatic carbocycles. The van der Waals surface area contributed by atoms with Gasteiger partial charge in [0, 0.05) is 12.1 Å². The Hall–Kier alpha value is -1.35. The number of nitrogens with one attached hydrogen (secondary N) is 1. The molecule has 1 N–H and O–H groups in total.